The van der Waals surface area contributed by atoms with E-state index in [1.807, 2.05) is 0 Å². The molecule has 2 N–H and O–H groups in total. The molecule has 1 heterocycles. The van der Waals surface area contributed by atoms with Crippen molar-refractivity contribution in [1.29, 1.82) is 0 Å². The van der Waals surface area contributed by atoms with Gasteiger partial charge in [0.15, 0.2) is 9.84 Å². The van der Waals surface area contributed by atoms with Gasteiger partial charge in [-0.25, -0.2) is 13.2 Å². The fourth-order valence-electron chi connectivity index (χ4n) is 2.14. The molecule has 1 aliphatic heterocycles. The molecule has 0 atom stereocenters. The zero-order chi connectivity index (χ0) is 15.5. The predicted molar refractivity (Wildman–Crippen MR) is 77.8 cm³/mol. The van der Waals surface area contributed by atoms with Crippen LogP contribution in [0.1, 0.15) is 23.2 Å². The van der Waals surface area contributed by atoms with E-state index in [4.69, 9.17) is 15.2 Å². The Bertz CT molecular complexity index is 620. The van der Waals surface area contributed by atoms with Crippen LogP contribution >= 0.6 is 0 Å². The Labute approximate surface area is 124 Å². The number of rotatable bonds is 4. The quantitative estimate of drug-likeness (QED) is 0.664. The maximum Gasteiger partial charge on any atom is 0.338 e. The molecule has 7 heteroatoms. The summed E-state index contributed by atoms with van der Waals surface area (Å²) in [6.45, 7) is 1.67. The second-order valence-corrected chi connectivity index (χ2v) is 7.23. The van der Waals surface area contributed by atoms with Crippen molar-refractivity contribution in [3.8, 4) is 0 Å². The number of nitrogen functional groups attached to an aromatic ring is 1. The van der Waals surface area contributed by atoms with Gasteiger partial charge in [-0.05, 0) is 37.0 Å². The summed E-state index contributed by atoms with van der Waals surface area (Å²) in [5.74, 6) is -0.267. The van der Waals surface area contributed by atoms with Crippen molar-refractivity contribution in [3.63, 3.8) is 0 Å². The number of sulfone groups is 1. The smallest absolute Gasteiger partial charge is 0.338 e. The average Bonchev–Trinajstić information content (AvgIpc) is 2.44. The Balaban J connectivity index is 2.06. The minimum atomic E-state index is -3.42. The van der Waals surface area contributed by atoms with Gasteiger partial charge in [0.1, 0.15) is 0 Å². The van der Waals surface area contributed by atoms with Gasteiger partial charge >= 0.3 is 5.97 Å². The molecular weight excluding hydrogens is 294 g/mol. The van der Waals surface area contributed by atoms with Gasteiger partial charge in [0.05, 0.1) is 17.1 Å². The van der Waals surface area contributed by atoms with E-state index in [0.717, 1.165) is 19.1 Å². The number of nitrogens with two attached hydrogens (primary N) is 1. The third kappa shape index (κ3) is 4.44. The molecule has 0 bridgehead atoms. The van der Waals surface area contributed by atoms with Gasteiger partial charge in [-0.2, -0.15) is 0 Å². The van der Waals surface area contributed by atoms with Gasteiger partial charge in [0, 0.05) is 25.2 Å². The zero-order valence-corrected chi connectivity index (χ0v) is 12.7. The summed E-state index contributed by atoms with van der Waals surface area (Å²) >= 11 is 0. The predicted octanol–water partition coefficient (Wildman–Crippen LogP) is 1.26. The Morgan fingerprint density at radius 2 is 2.00 bits per heavy atom. The van der Waals surface area contributed by atoms with Gasteiger partial charge < -0.3 is 15.2 Å². The minimum absolute atomic E-state index is 0.0144. The van der Waals surface area contributed by atoms with Gasteiger partial charge in [-0.3, -0.25) is 0 Å². The molecule has 1 aromatic rings. The van der Waals surface area contributed by atoms with E-state index in [9.17, 15) is 13.2 Å². The number of anilines is 1. The Kier molecular flexibility index (Phi) is 4.84. The lowest BCUT2D eigenvalue weighted by Gasteiger charge is -2.21. The van der Waals surface area contributed by atoms with Crippen LogP contribution in [0.3, 0.4) is 0 Å². The summed E-state index contributed by atoms with van der Waals surface area (Å²) in [6, 6.07) is 4.03. The van der Waals surface area contributed by atoms with E-state index in [1.54, 1.807) is 0 Å². The second kappa shape index (κ2) is 6.44. The summed E-state index contributed by atoms with van der Waals surface area (Å²) in [5.41, 5.74) is 6.02. The van der Waals surface area contributed by atoms with Crippen LogP contribution in [0.2, 0.25) is 0 Å². The first-order chi connectivity index (χ1) is 9.86. The first-order valence-electron chi connectivity index (χ1n) is 6.72. The molecule has 1 saturated heterocycles. The molecule has 6 nitrogen and oxygen atoms in total. The third-order valence-corrected chi connectivity index (χ3v) is 4.48. The molecule has 0 spiro atoms. The molecule has 0 amide bonds. The maximum absolute atomic E-state index is 12.0. The molecule has 1 aliphatic rings. The fraction of sp³-hybridized carbons (Fsp3) is 0.500. The highest BCUT2D eigenvalue weighted by atomic mass is 32.2. The molecule has 21 heavy (non-hydrogen) atoms. The molecule has 0 saturated carbocycles. The fourth-order valence-corrected chi connectivity index (χ4v) is 2.84. The molecule has 116 valence electrons. The van der Waals surface area contributed by atoms with E-state index < -0.39 is 15.8 Å². The van der Waals surface area contributed by atoms with Crippen molar-refractivity contribution in [1.82, 2.24) is 0 Å². The largest absolute Gasteiger partial charge is 0.462 e. The van der Waals surface area contributed by atoms with Crippen molar-refractivity contribution in [3.05, 3.63) is 23.8 Å². The number of carbonyl (C=O) groups is 1. The standard InChI is InChI=1S/C14H19NO5S/c1-21(17,18)13-7-11(6-12(15)8-13)14(16)20-9-10-2-4-19-5-3-10/h6-8,10H,2-5,9,15H2,1H3. The van der Waals surface area contributed by atoms with Crippen LogP contribution in [0, 0.1) is 5.92 Å². The lowest BCUT2D eigenvalue weighted by Crippen LogP contribution is -2.22. The van der Waals surface area contributed by atoms with E-state index in [0.29, 0.717) is 19.8 Å². The summed E-state index contributed by atoms with van der Waals surface area (Å²) in [5, 5.41) is 0. The first-order valence-corrected chi connectivity index (χ1v) is 8.61. The van der Waals surface area contributed by atoms with Crippen LogP contribution in [0.4, 0.5) is 5.69 Å². The van der Waals surface area contributed by atoms with Gasteiger partial charge in [0.25, 0.3) is 0 Å². The Morgan fingerprint density at radius 1 is 1.33 bits per heavy atom. The highest BCUT2D eigenvalue weighted by Crippen LogP contribution is 2.19. The topological polar surface area (TPSA) is 95.7 Å². The average molecular weight is 313 g/mol. The van der Waals surface area contributed by atoms with E-state index in [-0.39, 0.29) is 22.1 Å². The number of esters is 1. The number of ether oxygens (including phenoxy) is 2. The van der Waals surface area contributed by atoms with Gasteiger partial charge in [0.2, 0.25) is 0 Å². The highest BCUT2D eigenvalue weighted by Gasteiger charge is 2.18. The van der Waals surface area contributed by atoms with Crippen LogP contribution in [0.5, 0.6) is 0 Å². The number of carbonyl (C=O) groups excluding carboxylic acids is 1. The molecule has 1 fully saturated rings. The van der Waals surface area contributed by atoms with Crippen LogP contribution in [0.25, 0.3) is 0 Å². The Morgan fingerprint density at radius 3 is 2.62 bits per heavy atom. The van der Waals surface area contributed by atoms with Crippen molar-refractivity contribution < 1.29 is 22.7 Å². The van der Waals surface area contributed by atoms with Crippen molar-refractivity contribution in [2.24, 2.45) is 5.92 Å². The van der Waals surface area contributed by atoms with Gasteiger partial charge in [-0.15, -0.1) is 0 Å². The van der Waals surface area contributed by atoms with Crippen LogP contribution < -0.4 is 5.73 Å². The summed E-state index contributed by atoms with van der Waals surface area (Å²) < 4.78 is 33.6. The minimum Gasteiger partial charge on any atom is -0.462 e. The molecule has 1 aromatic carbocycles. The molecular formula is C14H19NO5S. The zero-order valence-electron chi connectivity index (χ0n) is 11.9. The molecule has 0 aliphatic carbocycles. The van der Waals surface area contributed by atoms with E-state index >= 15 is 0 Å². The number of hydrogen-bond donors (Lipinski definition) is 1. The molecule has 0 unspecified atom stereocenters. The van der Waals surface area contributed by atoms with Gasteiger partial charge in [-0.1, -0.05) is 0 Å². The molecule has 0 aromatic heterocycles. The second-order valence-electron chi connectivity index (χ2n) is 5.22. The first kappa shape index (κ1) is 15.8. The monoisotopic (exact) mass is 313 g/mol. The normalized spacial score (nSPS) is 16.6. The third-order valence-electron chi connectivity index (χ3n) is 3.38. The van der Waals surface area contributed by atoms with Crippen LogP contribution in [-0.4, -0.2) is 40.5 Å². The Hall–Kier alpha value is -1.60. The SMILES string of the molecule is CS(=O)(=O)c1cc(N)cc(C(=O)OCC2CCOCC2)c1. The lowest BCUT2D eigenvalue weighted by atomic mass is 10.0. The lowest BCUT2D eigenvalue weighted by molar-refractivity contribution is 0.0185. The van der Waals surface area contributed by atoms with Crippen molar-refractivity contribution in [2.45, 2.75) is 17.7 Å². The van der Waals surface area contributed by atoms with E-state index in [1.165, 1.54) is 18.2 Å². The number of benzene rings is 1. The highest BCUT2D eigenvalue weighted by molar-refractivity contribution is 7.90. The van der Waals surface area contributed by atoms with Crippen LogP contribution in [0.15, 0.2) is 23.1 Å². The van der Waals surface area contributed by atoms with E-state index in [2.05, 4.69) is 0 Å². The maximum atomic E-state index is 12.0. The van der Waals surface area contributed by atoms with Crippen molar-refractivity contribution >= 4 is 21.5 Å². The van der Waals surface area contributed by atoms with Crippen molar-refractivity contribution in [2.75, 3.05) is 31.8 Å². The molecule has 0 radical (unpaired) electrons. The summed E-state index contributed by atoms with van der Waals surface area (Å²) in [7, 11) is -3.42. The summed E-state index contributed by atoms with van der Waals surface area (Å²) in [4.78, 5) is 12.0. The molecule has 2 rings (SSSR count). The summed E-state index contributed by atoms with van der Waals surface area (Å²) in [6.07, 6.45) is 2.79. The van der Waals surface area contributed by atoms with Crippen LogP contribution in [-0.2, 0) is 19.3 Å². The number of hydrogen-bond acceptors (Lipinski definition) is 6.